The van der Waals surface area contributed by atoms with Crippen molar-refractivity contribution < 1.29 is 4.39 Å². The molecule has 0 radical (unpaired) electrons. The molecule has 3 aromatic rings. The molecule has 1 aromatic heterocycles. The van der Waals surface area contributed by atoms with Crippen LogP contribution in [0, 0.1) is 5.82 Å². The number of rotatable bonds is 4. The van der Waals surface area contributed by atoms with E-state index in [1.807, 2.05) is 18.2 Å². The summed E-state index contributed by atoms with van der Waals surface area (Å²) in [5.41, 5.74) is 1.44. The molecule has 0 saturated heterocycles. The number of hydrogen-bond acceptors (Lipinski definition) is 3. The minimum Gasteiger partial charge on any atom is -0.383 e. The SMILES string of the molecule is O=c1cnn(CCNc2cccc(F)c2)c2ccccc12. The molecule has 0 aliphatic heterocycles. The molecule has 3 rings (SSSR count). The molecule has 0 amide bonds. The van der Waals surface area contributed by atoms with Crippen LogP contribution < -0.4 is 10.7 Å². The van der Waals surface area contributed by atoms with Gasteiger partial charge in [-0.1, -0.05) is 18.2 Å². The number of nitrogens with one attached hydrogen (secondary N) is 1. The lowest BCUT2D eigenvalue weighted by Gasteiger charge is -2.10. The van der Waals surface area contributed by atoms with Gasteiger partial charge in [-0.3, -0.25) is 9.48 Å². The van der Waals surface area contributed by atoms with Gasteiger partial charge in [-0.2, -0.15) is 5.10 Å². The van der Waals surface area contributed by atoms with Crippen molar-refractivity contribution in [2.75, 3.05) is 11.9 Å². The Balaban J connectivity index is 1.77. The van der Waals surface area contributed by atoms with Crippen LogP contribution in [0.25, 0.3) is 10.9 Å². The van der Waals surface area contributed by atoms with Gasteiger partial charge in [-0.15, -0.1) is 0 Å². The predicted molar refractivity (Wildman–Crippen MR) is 80.9 cm³/mol. The zero-order valence-electron chi connectivity index (χ0n) is 11.3. The number of halogens is 1. The molecule has 0 aliphatic carbocycles. The summed E-state index contributed by atoms with van der Waals surface area (Å²) < 4.78 is 14.8. The highest BCUT2D eigenvalue weighted by Gasteiger charge is 2.03. The van der Waals surface area contributed by atoms with Crippen LogP contribution in [0.3, 0.4) is 0 Å². The molecule has 0 aliphatic rings. The molecule has 2 aromatic carbocycles. The number of fused-ring (bicyclic) bond motifs is 1. The number of aromatic nitrogens is 2. The van der Waals surface area contributed by atoms with Gasteiger partial charge in [0, 0.05) is 17.6 Å². The quantitative estimate of drug-likeness (QED) is 0.800. The second-order valence-corrected chi connectivity index (χ2v) is 4.69. The molecule has 5 heteroatoms. The summed E-state index contributed by atoms with van der Waals surface area (Å²) in [5.74, 6) is -0.271. The molecule has 0 fully saturated rings. The van der Waals surface area contributed by atoms with Gasteiger partial charge in [0.25, 0.3) is 0 Å². The zero-order chi connectivity index (χ0) is 14.7. The second kappa shape index (κ2) is 5.75. The Morgan fingerprint density at radius 1 is 1.14 bits per heavy atom. The minimum atomic E-state index is -0.271. The molecular formula is C16H14FN3O. The summed E-state index contributed by atoms with van der Waals surface area (Å²) >= 11 is 0. The van der Waals surface area contributed by atoms with Crippen LogP contribution in [0.4, 0.5) is 10.1 Å². The average Bonchev–Trinajstić information content (AvgIpc) is 2.50. The van der Waals surface area contributed by atoms with Gasteiger partial charge in [0.2, 0.25) is 5.43 Å². The fraction of sp³-hybridized carbons (Fsp3) is 0.125. The molecule has 4 nitrogen and oxygen atoms in total. The van der Waals surface area contributed by atoms with E-state index in [4.69, 9.17) is 0 Å². The van der Waals surface area contributed by atoms with E-state index < -0.39 is 0 Å². The highest BCUT2D eigenvalue weighted by molar-refractivity contribution is 5.77. The van der Waals surface area contributed by atoms with E-state index in [9.17, 15) is 9.18 Å². The third kappa shape index (κ3) is 2.91. The van der Waals surface area contributed by atoms with Gasteiger partial charge >= 0.3 is 0 Å². The molecular weight excluding hydrogens is 269 g/mol. The smallest absolute Gasteiger partial charge is 0.207 e. The van der Waals surface area contributed by atoms with E-state index in [2.05, 4.69) is 10.4 Å². The summed E-state index contributed by atoms with van der Waals surface area (Å²) in [6.07, 6.45) is 1.32. The first-order valence-electron chi connectivity index (χ1n) is 6.68. The summed E-state index contributed by atoms with van der Waals surface area (Å²) in [4.78, 5) is 11.7. The van der Waals surface area contributed by atoms with Gasteiger partial charge in [0.1, 0.15) is 5.82 Å². The van der Waals surface area contributed by atoms with Crippen LogP contribution in [0.15, 0.2) is 59.5 Å². The molecule has 0 unspecified atom stereocenters. The van der Waals surface area contributed by atoms with Crippen LogP contribution in [0.5, 0.6) is 0 Å². The lowest BCUT2D eigenvalue weighted by molar-refractivity contribution is 0.626. The minimum absolute atomic E-state index is 0.0834. The van der Waals surface area contributed by atoms with Gasteiger partial charge in [-0.25, -0.2) is 4.39 Å². The molecule has 1 heterocycles. The number of benzene rings is 2. The first-order valence-corrected chi connectivity index (χ1v) is 6.68. The standard InChI is InChI=1S/C16H14FN3O/c17-12-4-3-5-13(10-12)18-8-9-20-15-7-2-1-6-14(15)16(21)11-19-20/h1-7,10-11,18H,8-9H2. The van der Waals surface area contributed by atoms with Crippen molar-refractivity contribution in [3.05, 3.63) is 70.8 Å². The van der Waals surface area contributed by atoms with E-state index in [0.29, 0.717) is 18.5 Å². The Hall–Kier alpha value is -2.69. The van der Waals surface area contributed by atoms with Gasteiger partial charge in [0.05, 0.1) is 18.3 Å². The molecule has 0 bridgehead atoms. The number of hydrogen-bond donors (Lipinski definition) is 1. The Kier molecular flexibility index (Phi) is 3.64. The Morgan fingerprint density at radius 3 is 2.86 bits per heavy atom. The van der Waals surface area contributed by atoms with Crippen molar-refractivity contribution >= 4 is 16.6 Å². The highest BCUT2D eigenvalue weighted by Crippen LogP contribution is 2.10. The van der Waals surface area contributed by atoms with Crippen LogP contribution in [0.1, 0.15) is 0 Å². The number of para-hydroxylation sites is 1. The number of anilines is 1. The lowest BCUT2D eigenvalue weighted by atomic mass is 10.2. The van der Waals surface area contributed by atoms with Crippen LogP contribution in [-0.2, 0) is 6.54 Å². The molecule has 0 spiro atoms. The maximum Gasteiger partial charge on any atom is 0.207 e. The zero-order valence-corrected chi connectivity index (χ0v) is 11.3. The third-order valence-corrected chi connectivity index (χ3v) is 3.24. The summed E-state index contributed by atoms with van der Waals surface area (Å²) in [5, 5.41) is 7.93. The summed E-state index contributed by atoms with van der Waals surface area (Å²) in [6, 6.07) is 13.7. The van der Waals surface area contributed by atoms with E-state index in [-0.39, 0.29) is 11.2 Å². The van der Waals surface area contributed by atoms with Gasteiger partial charge in [-0.05, 0) is 30.3 Å². The van der Waals surface area contributed by atoms with Crippen LogP contribution in [0.2, 0.25) is 0 Å². The van der Waals surface area contributed by atoms with Crippen LogP contribution in [-0.4, -0.2) is 16.3 Å². The Bertz CT molecular complexity index is 829. The number of nitrogens with zero attached hydrogens (tertiary/aromatic N) is 2. The van der Waals surface area contributed by atoms with Crippen molar-refractivity contribution in [1.82, 2.24) is 9.78 Å². The van der Waals surface area contributed by atoms with Crippen molar-refractivity contribution in [2.24, 2.45) is 0 Å². The van der Waals surface area contributed by atoms with Crippen LogP contribution >= 0.6 is 0 Å². The maximum atomic E-state index is 13.1. The fourth-order valence-corrected chi connectivity index (χ4v) is 2.24. The van der Waals surface area contributed by atoms with Gasteiger partial charge in [0.15, 0.2) is 0 Å². The first kappa shape index (κ1) is 13.3. The molecule has 0 saturated carbocycles. The van der Waals surface area contributed by atoms with Crippen molar-refractivity contribution in [1.29, 1.82) is 0 Å². The molecule has 21 heavy (non-hydrogen) atoms. The predicted octanol–water partition coefficient (Wildman–Crippen LogP) is 2.65. The maximum absolute atomic E-state index is 13.1. The molecule has 1 N–H and O–H groups in total. The largest absolute Gasteiger partial charge is 0.383 e. The third-order valence-electron chi connectivity index (χ3n) is 3.24. The Morgan fingerprint density at radius 2 is 2.00 bits per heavy atom. The summed E-state index contributed by atoms with van der Waals surface area (Å²) in [7, 11) is 0. The monoisotopic (exact) mass is 283 g/mol. The van der Waals surface area contributed by atoms with Crippen molar-refractivity contribution in [2.45, 2.75) is 6.54 Å². The van der Waals surface area contributed by atoms with E-state index >= 15 is 0 Å². The fourth-order valence-electron chi connectivity index (χ4n) is 2.24. The van der Waals surface area contributed by atoms with E-state index in [1.165, 1.54) is 18.3 Å². The van der Waals surface area contributed by atoms with Crippen molar-refractivity contribution in [3.8, 4) is 0 Å². The molecule has 0 atom stereocenters. The average molecular weight is 283 g/mol. The van der Waals surface area contributed by atoms with E-state index in [0.717, 1.165) is 11.2 Å². The second-order valence-electron chi connectivity index (χ2n) is 4.69. The molecule has 106 valence electrons. The highest BCUT2D eigenvalue weighted by atomic mass is 19.1. The topological polar surface area (TPSA) is 46.9 Å². The normalized spacial score (nSPS) is 10.7. The van der Waals surface area contributed by atoms with Gasteiger partial charge < -0.3 is 5.32 Å². The summed E-state index contributed by atoms with van der Waals surface area (Å²) in [6.45, 7) is 1.17. The first-order chi connectivity index (χ1) is 10.2. The van der Waals surface area contributed by atoms with Crippen molar-refractivity contribution in [3.63, 3.8) is 0 Å². The van der Waals surface area contributed by atoms with E-state index in [1.54, 1.807) is 22.9 Å². The Labute approximate surface area is 120 Å². The lowest BCUT2D eigenvalue weighted by Crippen LogP contribution is -2.17.